The molecule has 24 heavy (non-hydrogen) atoms. The number of nitriles is 1. The molecule has 0 bridgehead atoms. The van der Waals surface area contributed by atoms with Crippen LogP contribution in [0.4, 0.5) is 5.69 Å². The summed E-state index contributed by atoms with van der Waals surface area (Å²) in [6.45, 7) is 12.5. The maximum Gasteiger partial charge on any atom is 0.496 e. The number of hydrogen-bond acceptors (Lipinski definition) is 4. The van der Waals surface area contributed by atoms with E-state index in [0.29, 0.717) is 5.56 Å². The van der Waals surface area contributed by atoms with E-state index in [2.05, 4.69) is 24.0 Å². The van der Waals surface area contributed by atoms with Crippen LogP contribution in [0.1, 0.15) is 53.0 Å². The fourth-order valence-corrected chi connectivity index (χ4v) is 3.28. The molecule has 128 valence electrons. The molecule has 0 N–H and O–H groups in total. The molecule has 0 unspecified atom stereocenters. The Morgan fingerprint density at radius 3 is 2.25 bits per heavy atom. The molecule has 1 aromatic carbocycles. The third-order valence-electron chi connectivity index (χ3n) is 5.81. The molecular formula is C19H27BN2O2. The van der Waals surface area contributed by atoms with E-state index < -0.39 is 18.3 Å². The van der Waals surface area contributed by atoms with Crippen LogP contribution in [0, 0.1) is 17.2 Å². The zero-order valence-corrected chi connectivity index (χ0v) is 15.4. The first-order valence-corrected chi connectivity index (χ1v) is 8.88. The summed E-state index contributed by atoms with van der Waals surface area (Å²) in [6, 6.07) is 8.40. The highest BCUT2D eigenvalue weighted by atomic mass is 16.7. The summed E-state index contributed by atoms with van der Waals surface area (Å²) < 4.78 is 12.2. The van der Waals surface area contributed by atoms with Crippen molar-refractivity contribution in [2.45, 2.75) is 58.7 Å². The van der Waals surface area contributed by atoms with Gasteiger partial charge in [-0.15, -0.1) is 0 Å². The molecule has 0 atom stereocenters. The molecule has 0 radical (unpaired) electrons. The molecule has 3 rings (SSSR count). The summed E-state index contributed by atoms with van der Waals surface area (Å²) >= 11 is 0. The molecule has 0 amide bonds. The molecule has 2 aliphatic rings. The number of hydrogen-bond donors (Lipinski definition) is 0. The average molecular weight is 326 g/mol. The van der Waals surface area contributed by atoms with Gasteiger partial charge in [-0.25, -0.2) is 0 Å². The summed E-state index contributed by atoms with van der Waals surface area (Å²) in [5.41, 5.74) is 1.80. The Balaban J connectivity index is 1.85. The van der Waals surface area contributed by atoms with Crippen LogP contribution in [0.3, 0.4) is 0 Å². The largest absolute Gasteiger partial charge is 0.496 e. The van der Waals surface area contributed by atoms with Crippen molar-refractivity contribution in [1.82, 2.24) is 0 Å². The van der Waals surface area contributed by atoms with Crippen LogP contribution in [0.25, 0.3) is 0 Å². The first kappa shape index (κ1) is 17.3. The lowest BCUT2D eigenvalue weighted by Crippen LogP contribution is -2.41. The molecular weight excluding hydrogens is 299 g/mol. The summed E-state index contributed by atoms with van der Waals surface area (Å²) in [4.78, 5) is 2.37. The molecule has 2 saturated heterocycles. The van der Waals surface area contributed by atoms with E-state index in [1.807, 2.05) is 39.8 Å². The maximum atomic E-state index is 9.62. The Morgan fingerprint density at radius 2 is 1.71 bits per heavy atom. The van der Waals surface area contributed by atoms with E-state index in [0.717, 1.165) is 30.2 Å². The number of nitrogens with zero attached hydrogens (tertiary/aromatic N) is 2. The second-order valence-corrected chi connectivity index (χ2v) is 8.14. The van der Waals surface area contributed by atoms with E-state index >= 15 is 0 Å². The minimum absolute atomic E-state index is 0.397. The summed E-state index contributed by atoms with van der Waals surface area (Å²) in [5, 5.41) is 9.62. The van der Waals surface area contributed by atoms with E-state index in [9.17, 15) is 5.26 Å². The van der Waals surface area contributed by atoms with Gasteiger partial charge in [-0.1, -0.05) is 13.0 Å². The second-order valence-electron chi connectivity index (χ2n) is 8.14. The zero-order valence-electron chi connectivity index (χ0n) is 15.4. The number of anilines is 1. The van der Waals surface area contributed by atoms with Crippen molar-refractivity contribution >= 4 is 18.3 Å². The standard InChI is InChI=1S/C19H27BN2O2/c1-14-8-10-22(11-9-14)16-6-7-17(15(12-16)13-21)20-23-18(2,3)19(4,5)24-20/h6-7,12,14H,8-11H2,1-5H3. The van der Waals surface area contributed by atoms with Gasteiger partial charge >= 0.3 is 7.12 Å². The van der Waals surface area contributed by atoms with Crippen molar-refractivity contribution in [2.24, 2.45) is 5.92 Å². The highest BCUT2D eigenvalue weighted by molar-refractivity contribution is 6.62. The van der Waals surface area contributed by atoms with E-state index in [1.54, 1.807) is 0 Å². The van der Waals surface area contributed by atoms with Gasteiger partial charge in [0, 0.05) is 24.2 Å². The van der Waals surface area contributed by atoms with E-state index in [-0.39, 0.29) is 0 Å². The first-order valence-electron chi connectivity index (χ1n) is 8.88. The van der Waals surface area contributed by atoms with Crippen LogP contribution in [-0.4, -0.2) is 31.4 Å². The van der Waals surface area contributed by atoms with Crippen molar-refractivity contribution < 1.29 is 9.31 Å². The normalized spacial score (nSPS) is 23.3. The highest BCUT2D eigenvalue weighted by Gasteiger charge is 2.52. The topological polar surface area (TPSA) is 45.5 Å². The molecule has 5 heteroatoms. The van der Waals surface area contributed by atoms with Gasteiger partial charge in [0.2, 0.25) is 0 Å². The minimum Gasteiger partial charge on any atom is -0.399 e. The van der Waals surface area contributed by atoms with Crippen LogP contribution < -0.4 is 10.4 Å². The predicted molar refractivity (Wildman–Crippen MR) is 97.5 cm³/mol. The molecule has 0 aliphatic carbocycles. The third-order valence-corrected chi connectivity index (χ3v) is 5.81. The summed E-state index contributed by atoms with van der Waals surface area (Å²) in [7, 11) is -0.486. The monoisotopic (exact) mass is 326 g/mol. The van der Waals surface area contributed by atoms with Gasteiger partial charge in [-0.05, 0) is 58.6 Å². The molecule has 2 heterocycles. The zero-order chi connectivity index (χ0) is 17.5. The maximum absolute atomic E-state index is 9.62. The molecule has 2 fully saturated rings. The van der Waals surface area contributed by atoms with Gasteiger partial charge in [-0.3, -0.25) is 0 Å². The fourth-order valence-electron chi connectivity index (χ4n) is 3.28. The minimum atomic E-state index is -0.486. The molecule has 0 saturated carbocycles. The van der Waals surface area contributed by atoms with Crippen LogP contribution in [0.5, 0.6) is 0 Å². The van der Waals surface area contributed by atoms with Gasteiger partial charge in [0.15, 0.2) is 0 Å². The van der Waals surface area contributed by atoms with Gasteiger partial charge in [0.05, 0.1) is 22.8 Å². The molecule has 1 aromatic rings. The van der Waals surface area contributed by atoms with E-state index in [4.69, 9.17) is 9.31 Å². The Hall–Kier alpha value is -1.51. The number of piperidine rings is 1. The average Bonchev–Trinajstić information content (AvgIpc) is 2.75. The highest BCUT2D eigenvalue weighted by Crippen LogP contribution is 2.37. The lowest BCUT2D eigenvalue weighted by Gasteiger charge is -2.32. The Labute approximate surface area is 145 Å². The summed E-state index contributed by atoms with van der Waals surface area (Å²) in [6.07, 6.45) is 2.42. The van der Waals surface area contributed by atoms with Crippen molar-refractivity contribution in [3.8, 4) is 6.07 Å². The van der Waals surface area contributed by atoms with Crippen LogP contribution in [-0.2, 0) is 9.31 Å². The number of rotatable bonds is 2. The van der Waals surface area contributed by atoms with Crippen LogP contribution in [0.15, 0.2) is 18.2 Å². The third kappa shape index (κ3) is 3.05. The van der Waals surface area contributed by atoms with Gasteiger partial charge in [0.25, 0.3) is 0 Å². The van der Waals surface area contributed by atoms with Gasteiger partial charge in [0.1, 0.15) is 0 Å². The fraction of sp³-hybridized carbons (Fsp3) is 0.632. The summed E-state index contributed by atoms with van der Waals surface area (Å²) in [5.74, 6) is 0.792. The SMILES string of the molecule is CC1CCN(c2ccc(B3OC(C)(C)C(C)(C)O3)c(C#N)c2)CC1. The quantitative estimate of drug-likeness (QED) is 0.784. The molecule has 0 aromatic heterocycles. The first-order chi connectivity index (χ1) is 11.2. The molecule has 0 spiro atoms. The van der Waals surface area contributed by atoms with Crippen LogP contribution in [0.2, 0.25) is 0 Å². The second kappa shape index (κ2) is 6.09. The molecule has 2 aliphatic heterocycles. The van der Waals surface area contributed by atoms with Gasteiger partial charge < -0.3 is 14.2 Å². The van der Waals surface area contributed by atoms with Crippen molar-refractivity contribution in [1.29, 1.82) is 5.26 Å². The van der Waals surface area contributed by atoms with Gasteiger partial charge in [-0.2, -0.15) is 5.26 Å². The Kier molecular flexibility index (Phi) is 4.40. The molecule has 4 nitrogen and oxygen atoms in total. The smallest absolute Gasteiger partial charge is 0.399 e. The van der Waals surface area contributed by atoms with E-state index in [1.165, 1.54) is 12.8 Å². The van der Waals surface area contributed by atoms with Crippen molar-refractivity contribution in [2.75, 3.05) is 18.0 Å². The Morgan fingerprint density at radius 1 is 1.12 bits per heavy atom. The van der Waals surface area contributed by atoms with Crippen molar-refractivity contribution in [3.63, 3.8) is 0 Å². The lowest BCUT2D eigenvalue weighted by atomic mass is 9.76. The lowest BCUT2D eigenvalue weighted by molar-refractivity contribution is 0.00578. The Bertz CT molecular complexity index is 642. The van der Waals surface area contributed by atoms with Crippen molar-refractivity contribution in [3.05, 3.63) is 23.8 Å². The number of benzene rings is 1. The van der Waals surface area contributed by atoms with Crippen LogP contribution >= 0.6 is 0 Å². The predicted octanol–water partition coefficient (Wildman–Crippen LogP) is 3.09.